The number of esters is 2. The third-order valence-corrected chi connectivity index (χ3v) is 7.97. The quantitative estimate of drug-likeness (QED) is 0.375. The van der Waals surface area contributed by atoms with Gasteiger partial charge in [0.25, 0.3) is 0 Å². The molecular weight excluding hydrogens is 519 g/mol. The predicted octanol–water partition coefficient (Wildman–Crippen LogP) is 5.46. The van der Waals surface area contributed by atoms with E-state index < -0.39 is 11.9 Å². The van der Waals surface area contributed by atoms with Crippen molar-refractivity contribution in [3.8, 4) is 11.3 Å². The molecule has 2 bridgehead atoms. The van der Waals surface area contributed by atoms with Crippen LogP contribution in [0.3, 0.4) is 0 Å². The number of methoxy groups -OCH3 is 1. The number of benzene rings is 1. The topological polar surface area (TPSA) is 108 Å². The molecule has 2 aromatic heterocycles. The van der Waals surface area contributed by atoms with Gasteiger partial charge in [0.15, 0.2) is 5.76 Å². The van der Waals surface area contributed by atoms with Gasteiger partial charge in [-0.3, -0.25) is 0 Å². The summed E-state index contributed by atoms with van der Waals surface area (Å²) in [4.78, 5) is 35.8. The molecule has 0 amide bonds. The van der Waals surface area contributed by atoms with E-state index in [4.69, 9.17) is 32.5 Å². The fourth-order valence-corrected chi connectivity index (χ4v) is 6.10. The number of ether oxygens (including phenoxy) is 2. The molecule has 3 aliphatic rings. The molecule has 0 radical (unpaired) electrons. The van der Waals surface area contributed by atoms with Gasteiger partial charge in [0.2, 0.25) is 5.82 Å². The Labute approximate surface area is 223 Å². The fourth-order valence-electron chi connectivity index (χ4n) is 5.53. The zero-order valence-corrected chi connectivity index (χ0v) is 21.5. The molecule has 3 aromatic rings. The van der Waals surface area contributed by atoms with Crippen molar-refractivity contribution in [2.75, 3.05) is 12.0 Å². The highest BCUT2D eigenvalue weighted by molar-refractivity contribution is 6.39. The van der Waals surface area contributed by atoms with Crippen LogP contribution in [0.15, 0.2) is 35.1 Å². The number of carbonyl (C=O) groups excluding carboxylic acids is 2. The molecule has 2 saturated heterocycles. The van der Waals surface area contributed by atoms with Gasteiger partial charge in [-0.1, -0.05) is 34.4 Å². The third-order valence-electron chi connectivity index (χ3n) is 7.34. The second-order valence-electron chi connectivity index (χ2n) is 9.69. The summed E-state index contributed by atoms with van der Waals surface area (Å²) in [5, 5.41) is 4.99. The van der Waals surface area contributed by atoms with Crippen molar-refractivity contribution >= 4 is 40.8 Å². The second-order valence-corrected chi connectivity index (χ2v) is 10.5. The first-order valence-corrected chi connectivity index (χ1v) is 13.0. The SMILES string of the molecule is COC(=O)c1ncc(N2C3CCC2CC(OC(=O)c2c(-c4c(Cl)cccc4Cl)noc2C2CC2)C3)cn1. The monoisotopic (exact) mass is 542 g/mol. The summed E-state index contributed by atoms with van der Waals surface area (Å²) in [5.74, 6) is -0.318. The molecule has 1 aliphatic carbocycles. The van der Waals surface area contributed by atoms with Gasteiger partial charge in [-0.25, -0.2) is 19.6 Å². The number of halogens is 2. The molecule has 2 unspecified atom stereocenters. The molecule has 1 aromatic carbocycles. The molecule has 2 atom stereocenters. The van der Waals surface area contributed by atoms with Crippen LogP contribution in [-0.4, -0.2) is 52.4 Å². The maximum absolute atomic E-state index is 13.6. The Kier molecular flexibility index (Phi) is 6.28. The Morgan fingerprint density at radius 2 is 1.65 bits per heavy atom. The lowest BCUT2D eigenvalue weighted by molar-refractivity contribution is 0.0202. The maximum Gasteiger partial charge on any atom is 0.376 e. The number of fused-ring (bicyclic) bond motifs is 2. The molecule has 0 spiro atoms. The summed E-state index contributed by atoms with van der Waals surface area (Å²) in [7, 11) is 1.30. The number of carbonyl (C=O) groups is 2. The van der Waals surface area contributed by atoms with E-state index in [9.17, 15) is 9.59 Å². The molecule has 9 nitrogen and oxygen atoms in total. The van der Waals surface area contributed by atoms with Crippen molar-refractivity contribution in [2.24, 2.45) is 0 Å². The summed E-state index contributed by atoms with van der Waals surface area (Å²) in [6.07, 6.45) is 8.20. The van der Waals surface area contributed by atoms with Crippen LogP contribution in [0.1, 0.15) is 71.2 Å². The van der Waals surface area contributed by atoms with Gasteiger partial charge in [-0.05, 0) is 37.8 Å². The molecule has 11 heteroatoms. The van der Waals surface area contributed by atoms with Crippen LogP contribution < -0.4 is 4.90 Å². The van der Waals surface area contributed by atoms with Gasteiger partial charge >= 0.3 is 11.9 Å². The van der Waals surface area contributed by atoms with Gasteiger partial charge in [-0.15, -0.1) is 0 Å². The van der Waals surface area contributed by atoms with E-state index in [-0.39, 0.29) is 29.9 Å². The highest BCUT2D eigenvalue weighted by Gasteiger charge is 2.44. The summed E-state index contributed by atoms with van der Waals surface area (Å²) < 4.78 is 16.4. The van der Waals surface area contributed by atoms with E-state index in [0.29, 0.717) is 45.5 Å². The lowest BCUT2D eigenvalue weighted by Crippen LogP contribution is -2.46. The zero-order valence-electron chi connectivity index (χ0n) is 20.0. The minimum absolute atomic E-state index is 0.0250. The zero-order chi connectivity index (χ0) is 25.7. The molecule has 6 rings (SSSR count). The summed E-state index contributed by atoms with van der Waals surface area (Å²) >= 11 is 12.9. The van der Waals surface area contributed by atoms with Gasteiger partial charge in [0.05, 0.1) is 35.2 Å². The standard InChI is InChI=1S/C26H24Cl2N4O5/c1-35-26(34)24-29-11-16(12-30-24)32-14-7-8-15(32)10-17(9-14)36-25(33)21-22(31-37-23(21)13-5-6-13)20-18(27)3-2-4-19(20)28/h2-4,11-15,17H,5-10H2,1H3. The van der Waals surface area contributed by atoms with Crippen LogP contribution in [-0.2, 0) is 9.47 Å². The lowest BCUT2D eigenvalue weighted by Gasteiger charge is -2.39. The predicted molar refractivity (Wildman–Crippen MR) is 135 cm³/mol. The molecular formula is C26H24Cl2N4O5. The minimum Gasteiger partial charge on any atom is -0.463 e. The largest absolute Gasteiger partial charge is 0.463 e. The van der Waals surface area contributed by atoms with E-state index >= 15 is 0 Å². The number of anilines is 1. The Balaban J connectivity index is 1.22. The van der Waals surface area contributed by atoms with Crippen molar-refractivity contribution < 1.29 is 23.6 Å². The average molecular weight is 543 g/mol. The highest BCUT2D eigenvalue weighted by atomic mass is 35.5. The van der Waals surface area contributed by atoms with Crippen molar-refractivity contribution in [1.82, 2.24) is 15.1 Å². The second kappa shape index (κ2) is 9.61. The van der Waals surface area contributed by atoms with Gasteiger partial charge < -0.3 is 18.9 Å². The maximum atomic E-state index is 13.6. The van der Waals surface area contributed by atoms with Crippen LogP contribution in [0, 0.1) is 0 Å². The van der Waals surface area contributed by atoms with Crippen LogP contribution in [0.4, 0.5) is 5.69 Å². The van der Waals surface area contributed by atoms with E-state index in [1.54, 1.807) is 30.6 Å². The molecule has 0 N–H and O–H groups in total. The van der Waals surface area contributed by atoms with Crippen molar-refractivity contribution in [2.45, 2.75) is 62.6 Å². The van der Waals surface area contributed by atoms with Crippen molar-refractivity contribution in [3.05, 3.63) is 57.8 Å². The lowest BCUT2D eigenvalue weighted by atomic mass is 9.98. The normalized spacial score (nSPS) is 22.7. The van der Waals surface area contributed by atoms with E-state index in [1.807, 2.05) is 0 Å². The smallest absolute Gasteiger partial charge is 0.376 e. The number of aromatic nitrogens is 3. The molecule has 3 fully saturated rings. The fraction of sp³-hybridized carbons (Fsp3) is 0.423. The molecule has 37 heavy (non-hydrogen) atoms. The van der Waals surface area contributed by atoms with E-state index in [0.717, 1.165) is 31.4 Å². The highest BCUT2D eigenvalue weighted by Crippen LogP contribution is 2.47. The van der Waals surface area contributed by atoms with Crippen LogP contribution >= 0.6 is 23.2 Å². The van der Waals surface area contributed by atoms with Crippen LogP contribution in [0.25, 0.3) is 11.3 Å². The summed E-state index contributed by atoms with van der Waals surface area (Å²) in [5.41, 5.74) is 1.96. The third kappa shape index (κ3) is 4.44. The molecule has 192 valence electrons. The Bertz CT molecular complexity index is 1320. The van der Waals surface area contributed by atoms with Crippen molar-refractivity contribution in [1.29, 1.82) is 0 Å². The van der Waals surface area contributed by atoms with Gasteiger partial charge in [-0.2, -0.15) is 0 Å². The number of hydrogen-bond acceptors (Lipinski definition) is 9. The number of hydrogen-bond donors (Lipinski definition) is 0. The summed E-state index contributed by atoms with van der Waals surface area (Å²) in [6.45, 7) is 0. The summed E-state index contributed by atoms with van der Waals surface area (Å²) in [6, 6.07) is 5.50. The van der Waals surface area contributed by atoms with Gasteiger partial charge in [0.1, 0.15) is 17.4 Å². The first-order chi connectivity index (χ1) is 17.9. The van der Waals surface area contributed by atoms with Crippen LogP contribution in [0.2, 0.25) is 10.0 Å². The number of rotatable bonds is 6. The first-order valence-electron chi connectivity index (χ1n) is 12.3. The van der Waals surface area contributed by atoms with E-state index in [2.05, 4.69) is 24.8 Å². The van der Waals surface area contributed by atoms with E-state index in [1.165, 1.54) is 7.11 Å². The molecule has 2 aliphatic heterocycles. The van der Waals surface area contributed by atoms with Crippen LogP contribution in [0.5, 0.6) is 0 Å². The van der Waals surface area contributed by atoms with Crippen molar-refractivity contribution in [3.63, 3.8) is 0 Å². The Morgan fingerprint density at radius 3 is 2.24 bits per heavy atom. The van der Waals surface area contributed by atoms with Gasteiger partial charge in [0, 0.05) is 36.4 Å². The minimum atomic E-state index is -0.572. The number of piperidine rings is 1. The Hall–Kier alpha value is -3.17. The number of nitrogens with zero attached hydrogens (tertiary/aromatic N) is 4. The molecule has 1 saturated carbocycles. The average Bonchev–Trinajstić information content (AvgIpc) is 3.59. The first kappa shape index (κ1) is 24.2. The molecule has 4 heterocycles. The Morgan fingerprint density at radius 1 is 1.00 bits per heavy atom.